The van der Waals surface area contributed by atoms with Gasteiger partial charge in [0.1, 0.15) is 6.04 Å². The molecule has 0 radical (unpaired) electrons. The largest absolute Gasteiger partial charge is 0.481 e. The fourth-order valence-electron chi connectivity index (χ4n) is 6.08. The molecule has 2 amide bonds. The first-order valence-corrected chi connectivity index (χ1v) is 12.5. The van der Waals surface area contributed by atoms with Crippen LogP contribution in [0.25, 0.3) is 0 Å². The van der Waals surface area contributed by atoms with Crippen LogP contribution in [-0.4, -0.2) is 68.1 Å². The highest BCUT2D eigenvalue weighted by Gasteiger charge is 2.77. The van der Waals surface area contributed by atoms with Gasteiger partial charge in [0.05, 0.1) is 39.9 Å². The standard InChI is InChI=1S/C24H29ClN2O5S/c1-4-10-26(16-9-7-6-8-15(16)25)22(30)20-24-13(3)11-17(33-24)18(23(31)32)19(24)21(29)27(20)14(5-2)12-28/h4,6-9,13-14,17-20,28H,1,5,10-12H2,2-3H3,(H,31,32)/t13?,14-,17+,18-,19-,20?,24?/m0/s1. The Morgan fingerprint density at radius 1 is 1.42 bits per heavy atom. The van der Waals surface area contributed by atoms with Crippen molar-refractivity contribution in [2.45, 2.75) is 48.8 Å². The maximum atomic E-state index is 14.3. The van der Waals surface area contributed by atoms with Gasteiger partial charge in [-0.05, 0) is 30.9 Å². The Bertz CT molecular complexity index is 985. The summed E-state index contributed by atoms with van der Waals surface area (Å²) in [5.74, 6) is -3.36. The second-order valence-corrected chi connectivity index (χ2v) is 11.0. The highest BCUT2D eigenvalue weighted by Crippen LogP contribution is 2.69. The number of para-hydroxylation sites is 1. The number of aliphatic hydroxyl groups is 1. The highest BCUT2D eigenvalue weighted by molar-refractivity contribution is 8.02. The molecule has 3 aliphatic rings. The van der Waals surface area contributed by atoms with Crippen molar-refractivity contribution in [1.29, 1.82) is 0 Å². The number of halogens is 1. The summed E-state index contributed by atoms with van der Waals surface area (Å²) in [5, 5.41) is 20.3. The molecule has 0 aliphatic carbocycles. The molecule has 0 saturated carbocycles. The van der Waals surface area contributed by atoms with Gasteiger partial charge in [-0.1, -0.05) is 43.7 Å². The number of thioether (sulfide) groups is 1. The van der Waals surface area contributed by atoms with Gasteiger partial charge in [0.15, 0.2) is 0 Å². The molecule has 3 aliphatic heterocycles. The van der Waals surface area contributed by atoms with E-state index in [0.717, 1.165) is 0 Å². The topological polar surface area (TPSA) is 98.2 Å². The van der Waals surface area contributed by atoms with Crippen molar-refractivity contribution in [3.63, 3.8) is 0 Å². The van der Waals surface area contributed by atoms with Crippen molar-refractivity contribution < 1.29 is 24.6 Å². The predicted octanol–water partition coefficient (Wildman–Crippen LogP) is 3.05. The minimum atomic E-state index is -1.00. The van der Waals surface area contributed by atoms with Gasteiger partial charge in [-0.15, -0.1) is 18.3 Å². The molecule has 3 heterocycles. The minimum absolute atomic E-state index is 0.0379. The van der Waals surface area contributed by atoms with Crippen molar-refractivity contribution in [1.82, 2.24) is 4.90 Å². The Balaban J connectivity index is 1.88. The Labute approximate surface area is 202 Å². The number of carboxylic acids is 1. The number of benzene rings is 1. The van der Waals surface area contributed by atoms with Gasteiger partial charge < -0.3 is 20.0 Å². The summed E-state index contributed by atoms with van der Waals surface area (Å²) < 4.78 is -0.870. The average molecular weight is 493 g/mol. The molecule has 3 fully saturated rings. The molecule has 1 aromatic rings. The van der Waals surface area contributed by atoms with Gasteiger partial charge in [-0.3, -0.25) is 14.4 Å². The number of carbonyl (C=O) groups is 3. The normalized spacial score (nSPS) is 33.2. The summed E-state index contributed by atoms with van der Waals surface area (Å²) in [6, 6.07) is 5.51. The van der Waals surface area contributed by atoms with Crippen LogP contribution in [0.4, 0.5) is 5.69 Å². The molecule has 9 heteroatoms. The summed E-state index contributed by atoms with van der Waals surface area (Å²) in [6.07, 6.45) is 2.68. The van der Waals surface area contributed by atoms with Crippen molar-refractivity contribution in [3.8, 4) is 0 Å². The molecule has 33 heavy (non-hydrogen) atoms. The van der Waals surface area contributed by atoms with Crippen molar-refractivity contribution in [3.05, 3.63) is 41.9 Å². The van der Waals surface area contributed by atoms with Crippen LogP contribution in [0.15, 0.2) is 36.9 Å². The first kappa shape index (κ1) is 24.1. The molecule has 1 spiro atoms. The number of carboxylic acid groups (broad SMARTS) is 1. The number of anilines is 1. The monoisotopic (exact) mass is 492 g/mol. The van der Waals surface area contributed by atoms with Crippen LogP contribution in [0.5, 0.6) is 0 Å². The fourth-order valence-corrected chi connectivity index (χ4v) is 8.72. The number of hydrogen-bond acceptors (Lipinski definition) is 5. The molecular formula is C24H29ClN2O5S. The molecule has 3 unspecified atom stereocenters. The smallest absolute Gasteiger partial charge is 0.308 e. The van der Waals surface area contributed by atoms with E-state index in [9.17, 15) is 24.6 Å². The molecule has 1 aromatic carbocycles. The number of likely N-dealkylation sites (tertiary alicyclic amines) is 1. The molecule has 2 N–H and O–H groups in total. The first-order valence-electron chi connectivity index (χ1n) is 11.2. The van der Waals surface area contributed by atoms with Gasteiger partial charge >= 0.3 is 5.97 Å². The molecule has 0 aromatic heterocycles. The van der Waals surface area contributed by atoms with E-state index in [0.29, 0.717) is 23.6 Å². The van der Waals surface area contributed by atoms with E-state index in [1.54, 1.807) is 30.3 Å². The molecule has 178 valence electrons. The molecular weight excluding hydrogens is 464 g/mol. The van der Waals surface area contributed by atoms with E-state index >= 15 is 0 Å². The number of carbonyl (C=O) groups excluding carboxylic acids is 2. The lowest BCUT2D eigenvalue weighted by atomic mass is 9.66. The number of aliphatic hydroxyl groups excluding tert-OH is 1. The third-order valence-corrected chi connectivity index (χ3v) is 9.89. The van der Waals surface area contributed by atoms with Gasteiger partial charge in [-0.25, -0.2) is 0 Å². The van der Waals surface area contributed by atoms with Crippen molar-refractivity contribution >= 4 is 46.8 Å². The van der Waals surface area contributed by atoms with E-state index in [1.165, 1.54) is 21.6 Å². The SMILES string of the molecule is C=CCN(C(=O)C1N([C@@H](CC)CO)C(=O)[C@@H]2[C@@H](C(=O)O)[C@H]3CC(C)C12S3)c1ccccc1Cl. The van der Waals surface area contributed by atoms with E-state index in [2.05, 4.69) is 6.58 Å². The number of fused-ring (bicyclic) bond motifs is 1. The Morgan fingerprint density at radius 2 is 2.12 bits per heavy atom. The number of amides is 2. The molecule has 3 saturated heterocycles. The summed E-state index contributed by atoms with van der Waals surface area (Å²) in [4.78, 5) is 43.4. The fraction of sp³-hybridized carbons (Fsp3) is 0.542. The number of nitrogens with zero attached hydrogens (tertiary/aromatic N) is 2. The van der Waals surface area contributed by atoms with Gasteiger partial charge in [0.2, 0.25) is 5.91 Å². The van der Waals surface area contributed by atoms with Crippen molar-refractivity contribution in [2.24, 2.45) is 17.8 Å². The number of aliphatic carboxylic acids is 1. The summed E-state index contributed by atoms with van der Waals surface area (Å²) >= 11 is 7.92. The van der Waals surface area contributed by atoms with Crippen LogP contribution in [0, 0.1) is 17.8 Å². The third kappa shape index (κ3) is 3.41. The maximum absolute atomic E-state index is 14.3. The second-order valence-electron chi connectivity index (χ2n) is 9.07. The van der Waals surface area contributed by atoms with E-state index in [1.807, 2.05) is 13.8 Å². The average Bonchev–Trinajstić information content (AvgIpc) is 3.37. The zero-order valence-corrected chi connectivity index (χ0v) is 20.3. The van der Waals surface area contributed by atoms with Crippen LogP contribution in [0.2, 0.25) is 5.02 Å². The maximum Gasteiger partial charge on any atom is 0.308 e. The summed E-state index contributed by atoms with van der Waals surface area (Å²) in [6.45, 7) is 7.52. The first-order chi connectivity index (χ1) is 15.7. The second kappa shape index (κ2) is 8.96. The van der Waals surface area contributed by atoms with Crippen LogP contribution in [0.3, 0.4) is 0 Å². The van der Waals surface area contributed by atoms with E-state index < -0.39 is 34.6 Å². The van der Waals surface area contributed by atoms with Gasteiger partial charge in [0.25, 0.3) is 5.91 Å². The van der Waals surface area contributed by atoms with Gasteiger partial charge in [0, 0.05) is 11.8 Å². The lowest BCUT2D eigenvalue weighted by Gasteiger charge is -2.42. The van der Waals surface area contributed by atoms with Crippen molar-refractivity contribution in [2.75, 3.05) is 18.1 Å². The lowest BCUT2D eigenvalue weighted by molar-refractivity contribution is -0.149. The van der Waals surface area contributed by atoms with Gasteiger partial charge in [-0.2, -0.15) is 0 Å². The Kier molecular flexibility index (Phi) is 6.55. The van der Waals surface area contributed by atoms with Crippen LogP contribution in [-0.2, 0) is 14.4 Å². The lowest BCUT2D eigenvalue weighted by Crippen LogP contribution is -2.59. The Morgan fingerprint density at radius 3 is 2.70 bits per heavy atom. The predicted molar refractivity (Wildman–Crippen MR) is 128 cm³/mol. The van der Waals surface area contributed by atoms with Crippen LogP contribution < -0.4 is 4.90 Å². The highest BCUT2D eigenvalue weighted by atomic mass is 35.5. The number of rotatable bonds is 8. The molecule has 4 rings (SSSR count). The summed E-state index contributed by atoms with van der Waals surface area (Å²) in [5.41, 5.74) is 0.508. The van der Waals surface area contributed by atoms with Crippen LogP contribution >= 0.6 is 23.4 Å². The molecule has 7 atom stereocenters. The number of hydrogen-bond donors (Lipinski definition) is 2. The third-order valence-electron chi connectivity index (χ3n) is 7.50. The summed E-state index contributed by atoms with van der Waals surface area (Å²) in [7, 11) is 0. The molecule has 2 bridgehead atoms. The van der Waals surface area contributed by atoms with E-state index in [4.69, 9.17) is 11.6 Å². The Hall–Kier alpha value is -2.03. The molecule has 7 nitrogen and oxygen atoms in total. The zero-order chi connectivity index (χ0) is 24.1. The van der Waals surface area contributed by atoms with E-state index in [-0.39, 0.29) is 36.1 Å². The quantitative estimate of drug-likeness (QED) is 0.541. The minimum Gasteiger partial charge on any atom is -0.481 e. The zero-order valence-electron chi connectivity index (χ0n) is 18.7. The van der Waals surface area contributed by atoms with Crippen LogP contribution in [0.1, 0.15) is 26.7 Å².